The average Bonchev–Trinajstić information content (AvgIpc) is 3.49. The van der Waals surface area contributed by atoms with Crippen LogP contribution in [0.1, 0.15) is 35.0 Å². The monoisotopic (exact) mass is 444 g/mol. The summed E-state index contributed by atoms with van der Waals surface area (Å²) in [6, 6.07) is 4.46. The first kappa shape index (κ1) is 20.8. The Morgan fingerprint density at radius 1 is 1.29 bits per heavy atom. The summed E-state index contributed by atoms with van der Waals surface area (Å²) >= 11 is 1.54. The lowest BCUT2D eigenvalue weighted by Gasteiger charge is -2.31. The normalized spacial score (nSPS) is 16.2. The van der Waals surface area contributed by atoms with Crippen molar-refractivity contribution in [2.45, 2.75) is 18.8 Å². The number of nitro groups is 1. The Bertz CT molecular complexity index is 1100. The van der Waals surface area contributed by atoms with E-state index < -0.39 is 10.8 Å². The molecule has 0 spiro atoms. The number of ether oxygens (including phenoxy) is 2. The van der Waals surface area contributed by atoms with Gasteiger partial charge in [-0.3, -0.25) is 14.9 Å². The maximum absolute atomic E-state index is 13.2. The molecule has 1 fully saturated rings. The van der Waals surface area contributed by atoms with E-state index in [1.165, 1.54) is 37.7 Å². The van der Waals surface area contributed by atoms with E-state index in [9.17, 15) is 14.9 Å². The van der Waals surface area contributed by atoms with Crippen LogP contribution in [0.25, 0.3) is 11.5 Å². The molecule has 3 heterocycles. The number of amides is 1. The molecule has 0 bridgehead atoms. The largest absolute Gasteiger partial charge is 0.493 e. The molecule has 0 radical (unpaired) electrons. The maximum atomic E-state index is 13.2. The smallest absolute Gasteiger partial charge is 0.286 e. The predicted molar refractivity (Wildman–Crippen MR) is 112 cm³/mol. The van der Waals surface area contributed by atoms with Gasteiger partial charge in [-0.25, -0.2) is 0 Å². The molecule has 1 aliphatic heterocycles. The van der Waals surface area contributed by atoms with Crippen LogP contribution < -0.4 is 9.47 Å². The maximum Gasteiger partial charge on any atom is 0.286 e. The number of nitro benzene ring substituents is 1. The number of thiophene rings is 1. The Morgan fingerprint density at radius 2 is 2.06 bits per heavy atom. The van der Waals surface area contributed by atoms with Gasteiger partial charge in [0.15, 0.2) is 11.5 Å². The van der Waals surface area contributed by atoms with Crippen LogP contribution in [0.15, 0.2) is 33.4 Å². The summed E-state index contributed by atoms with van der Waals surface area (Å²) in [6.45, 7) is 0.807. The third-order valence-corrected chi connectivity index (χ3v) is 5.88. The van der Waals surface area contributed by atoms with Crippen molar-refractivity contribution in [3.05, 3.63) is 50.5 Å². The van der Waals surface area contributed by atoms with Gasteiger partial charge in [0.2, 0.25) is 11.8 Å². The predicted octanol–water partition coefficient (Wildman–Crippen LogP) is 3.74. The Hall–Kier alpha value is -3.47. The van der Waals surface area contributed by atoms with E-state index in [2.05, 4.69) is 10.2 Å². The Morgan fingerprint density at radius 3 is 2.74 bits per heavy atom. The van der Waals surface area contributed by atoms with Crippen molar-refractivity contribution in [3.63, 3.8) is 0 Å². The molecule has 4 rings (SSSR count). The van der Waals surface area contributed by atoms with Crippen LogP contribution in [0, 0.1) is 10.1 Å². The van der Waals surface area contributed by atoms with Crippen molar-refractivity contribution in [3.8, 4) is 23.0 Å². The Balaban J connectivity index is 1.59. The first-order valence-electron chi connectivity index (χ1n) is 9.57. The summed E-state index contributed by atoms with van der Waals surface area (Å²) < 4.78 is 16.2. The molecule has 1 unspecified atom stereocenters. The molecule has 2 aromatic heterocycles. The standard InChI is InChI=1S/C20H20N4O6S/c1-28-16-8-14(15(24(26)27)9-17(16)29-2)20(25)23-6-3-4-12(10-23)18-21-22-19(30-18)13-5-7-31-11-13/h5,7-9,11-12H,3-4,6,10H2,1-2H3. The van der Waals surface area contributed by atoms with Crippen LogP contribution in [-0.4, -0.2) is 53.2 Å². The number of benzene rings is 1. The summed E-state index contributed by atoms with van der Waals surface area (Å²) in [5, 5.41) is 23.7. The van der Waals surface area contributed by atoms with Gasteiger partial charge in [-0.15, -0.1) is 10.2 Å². The Labute approximate surface area is 181 Å². The second-order valence-corrected chi connectivity index (χ2v) is 7.81. The van der Waals surface area contributed by atoms with E-state index in [1.54, 1.807) is 4.90 Å². The summed E-state index contributed by atoms with van der Waals surface area (Å²) in [4.78, 5) is 25.8. The third-order valence-electron chi connectivity index (χ3n) is 5.20. The van der Waals surface area contributed by atoms with Gasteiger partial charge < -0.3 is 18.8 Å². The number of hydrogen-bond donors (Lipinski definition) is 0. The molecule has 162 valence electrons. The van der Waals surface area contributed by atoms with E-state index >= 15 is 0 Å². The molecule has 0 aliphatic carbocycles. The van der Waals surface area contributed by atoms with Gasteiger partial charge in [-0.05, 0) is 24.3 Å². The van der Waals surface area contributed by atoms with Gasteiger partial charge in [0.1, 0.15) is 5.56 Å². The zero-order chi connectivity index (χ0) is 22.0. The second kappa shape index (κ2) is 8.72. The summed E-state index contributed by atoms with van der Waals surface area (Å²) in [5.74, 6) is 0.749. The molecule has 11 heteroatoms. The third kappa shape index (κ3) is 4.08. The van der Waals surface area contributed by atoms with Crippen LogP contribution in [0.5, 0.6) is 11.5 Å². The molecule has 31 heavy (non-hydrogen) atoms. The highest BCUT2D eigenvalue weighted by molar-refractivity contribution is 7.08. The fourth-order valence-corrected chi connectivity index (χ4v) is 4.26. The minimum Gasteiger partial charge on any atom is -0.493 e. The van der Waals surface area contributed by atoms with Crippen molar-refractivity contribution in [2.24, 2.45) is 0 Å². The number of hydrogen-bond acceptors (Lipinski definition) is 9. The molecule has 1 aromatic carbocycles. The molecular formula is C20H20N4O6S. The number of methoxy groups -OCH3 is 2. The molecule has 3 aromatic rings. The molecule has 10 nitrogen and oxygen atoms in total. The van der Waals surface area contributed by atoms with E-state index in [4.69, 9.17) is 13.9 Å². The van der Waals surface area contributed by atoms with E-state index in [0.29, 0.717) is 31.3 Å². The second-order valence-electron chi connectivity index (χ2n) is 7.03. The minimum absolute atomic E-state index is 0.0483. The highest BCUT2D eigenvalue weighted by Crippen LogP contribution is 2.36. The van der Waals surface area contributed by atoms with E-state index in [0.717, 1.165) is 12.0 Å². The molecule has 0 N–H and O–H groups in total. The quantitative estimate of drug-likeness (QED) is 0.416. The number of carbonyl (C=O) groups excluding carboxylic acids is 1. The molecule has 1 saturated heterocycles. The van der Waals surface area contributed by atoms with Crippen molar-refractivity contribution in [1.29, 1.82) is 0 Å². The van der Waals surface area contributed by atoms with Gasteiger partial charge in [-0.1, -0.05) is 0 Å². The lowest BCUT2D eigenvalue weighted by atomic mass is 9.97. The van der Waals surface area contributed by atoms with Crippen LogP contribution in [0.3, 0.4) is 0 Å². The van der Waals surface area contributed by atoms with Gasteiger partial charge in [-0.2, -0.15) is 11.3 Å². The number of piperidine rings is 1. The number of nitrogens with zero attached hydrogens (tertiary/aromatic N) is 4. The van der Waals surface area contributed by atoms with Crippen molar-refractivity contribution >= 4 is 22.9 Å². The zero-order valence-electron chi connectivity index (χ0n) is 16.9. The minimum atomic E-state index is -0.595. The molecule has 1 amide bonds. The van der Waals surface area contributed by atoms with E-state index in [1.807, 2.05) is 16.8 Å². The number of aromatic nitrogens is 2. The number of rotatable bonds is 6. The molecular weight excluding hydrogens is 424 g/mol. The van der Waals surface area contributed by atoms with Gasteiger partial charge in [0.25, 0.3) is 11.6 Å². The van der Waals surface area contributed by atoms with Gasteiger partial charge >= 0.3 is 0 Å². The summed E-state index contributed by atoms with van der Waals surface area (Å²) in [5.41, 5.74) is 0.476. The topological polar surface area (TPSA) is 121 Å². The zero-order valence-corrected chi connectivity index (χ0v) is 17.8. The highest BCUT2D eigenvalue weighted by atomic mass is 32.1. The Kier molecular flexibility index (Phi) is 5.85. The lowest BCUT2D eigenvalue weighted by Crippen LogP contribution is -2.39. The van der Waals surface area contributed by atoms with Crippen molar-refractivity contribution in [1.82, 2.24) is 15.1 Å². The SMILES string of the molecule is COc1cc(C(=O)N2CCCC(c3nnc(-c4ccsc4)o3)C2)c([N+](=O)[O-])cc1OC. The fourth-order valence-electron chi connectivity index (χ4n) is 3.63. The summed E-state index contributed by atoms with van der Waals surface area (Å²) in [7, 11) is 2.79. The van der Waals surface area contributed by atoms with Crippen LogP contribution in [0.4, 0.5) is 5.69 Å². The van der Waals surface area contributed by atoms with Crippen molar-refractivity contribution < 1.29 is 23.6 Å². The van der Waals surface area contributed by atoms with Gasteiger partial charge in [0, 0.05) is 30.1 Å². The van der Waals surface area contributed by atoms with Crippen LogP contribution in [-0.2, 0) is 0 Å². The first-order chi connectivity index (χ1) is 15.0. The van der Waals surface area contributed by atoms with Crippen LogP contribution >= 0.6 is 11.3 Å². The molecule has 0 saturated carbocycles. The van der Waals surface area contributed by atoms with E-state index in [-0.39, 0.29) is 28.7 Å². The number of carbonyl (C=O) groups is 1. The summed E-state index contributed by atoms with van der Waals surface area (Å²) in [6.07, 6.45) is 1.50. The number of likely N-dealkylation sites (tertiary alicyclic amines) is 1. The van der Waals surface area contributed by atoms with Gasteiger partial charge in [0.05, 0.1) is 31.1 Å². The highest BCUT2D eigenvalue weighted by Gasteiger charge is 2.33. The molecule has 1 aliphatic rings. The van der Waals surface area contributed by atoms with Crippen molar-refractivity contribution in [2.75, 3.05) is 27.3 Å². The average molecular weight is 444 g/mol. The fraction of sp³-hybridized carbons (Fsp3) is 0.350. The first-order valence-corrected chi connectivity index (χ1v) is 10.5. The molecule has 1 atom stereocenters. The van der Waals surface area contributed by atoms with Crippen LogP contribution in [0.2, 0.25) is 0 Å². The lowest BCUT2D eigenvalue weighted by molar-refractivity contribution is -0.385.